The first-order valence-corrected chi connectivity index (χ1v) is 13.9. The van der Waals surface area contributed by atoms with Gasteiger partial charge in [-0.2, -0.15) is 0 Å². The largest absolute Gasteiger partial charge is 0.457 e. The fourth-order valence-electron chi connectivity index (χ4n) is 3.76. The van der Waals surface area contributed by atoms with Crippen molar-refractivity contribution in [3.05, 3.63) is 124 Å². The Morgan fingerprint density at radius 3 is 2.30 bits per heavy atom. The van der Waals surface area contributed by atoms with E-state index in [1.807, 2.05) is 84.9 Å². The van der Waals surface area contributed by atoms with Gasteiger partial charge in [0.25, 0.3) is 5.69 Å². The topological polar surface area (TPSA) is 119 Å². The van der Waals surface area contributed by atoms with Crippen molar-refractivity contribution in [1.82, 2.24) is 10.2 Å². The molecule has 4 aromatic carbocycles. The van der Waals surface area contributed by atoms with Gasteiger partial charge in [-0.15, -0.1) is 10.2 Å². The number of hydrogen-bond acceptors (Lipinski definition) is 9. The molecule has 9 nitrogen and oxygen atoms in total. The highest BCUT2D eigenvalue weighted by Gasteiger charge is 2.26. The van der Waals surface area contributed by atoms with E-state index in [1.54, 1.807) is 19.1 Å². The molecule has 200 valence electrons. The third-order valence-electron chi connectivity index (χ3n) is 5.66. The maximum Gasteiger partial charge on any atom is 0.293 e. The zero-order valence-electron chi connectivity index (χ0n) is 21.2. The molecular formula is C29H23N5O4S2. The van der Waals surface area contributed by atoms with Crippen LogP contribution in [0.2, 0.25) is 0 Å². The molecule has 0 fully saturated rings. The van der Waals surface area contributed by atoms with E-state index in [-0.39, 0.29) is 11.4 Å². The van der Waals surface area contributed by atoms with E-state index < -0.39 is 16.1 Å². The summed E-state index contributed by atoms with van der Waals surface area (Å²) in [4.78, 5) is 24.5. The minimum atomic E-state index is -0.711. The number of ether oxygens (including phenoxy) is 1. The number of nitro groups is 1. The highest BCUT2D eigenvalue weighted by molar-refractivity contribution is 8.02. The fraction of sp³-hybridized carbons (Fsp3) is 0.0690. The van der Waals surface area contributed by atoms with Crippen molar-refractivity contribution in [1.29, 1.82) is 0 Å². The number of para-hydroxylation sites is 1. The standard InChI is InChI=1S/C29H23N5O4S2/c1-19-12-17-24(25(18-19)34(36)37)31-27(35)26(20-8-4-2-5-9-20)39-29-33-32-28(40-29)30-21-13-15-23(16-14-21)38-22-10-6-3-7-11-22/h2-18,26H,1H3,(H,30,32)(H,31,35). The van der Waals surface area contributed by atoms with Gasteiger partial charge in [0.15, 0.2) is 4.34 Å². The number of benzene rings is 4. The van der Waals surface area contributed by atoms with E-state index in [0.717, 1.165) is 22.6 Å². The van der Waals surface area contributed by atoms with Gasteiger partial charge in [-0.05, 0) is 60.5 Å². The highest BCUT2D eigenvalue weighted by Crippen LogP contribution is 2.40. The second-order valence-corrected chi connectivity index (χ2v) is 10.9. The number of nitro benzene ring substituents is 1. The van der Waals surface area contributed by atoms with Crippen LogP contribution in [0.3, 0.4) is 0 Å². The third kappa shape index (κ3) is 6.82. The number of nitrogens with one attached hydrogen (secondary N) is 2. The molecule has 40 heavy (non-hydrogen) atoms. The molecule has 2 N–H and O–H groups in total. The number of anilines is 3. The van der Waals surface area contributed by atoms with Crippen molar-refractivity contribution >= 4 is 51.2 Å². The second kappa shape index (κ2) is 12.4. The SMILES string of the molecule is Cc1ccc(NC(=O)C(Sc2nnc(Nc3ccc(Oc4ccccc4)cc3)s2)c2ccccc2)c([N+](=O)[O-])c1. The molecule has 0 aliphatic heterocycles. The molecule has 1 heterocycles. The first kappa shape index (κ1) is 26.9. The molecule has 5 rings (SSSR count). The molecule has 0 radical (unpaired) electrons. The number of carbonyl (C=O) groups is 1. The molecule has 0 spiro atoms. The Morgan fingerprint density at radius 2 is 1.60 bits per heavy atom. The van der Waals surface area contributed by atoms with Gasteiger partial charge in [-0.1, -0.05) is 77.7 Å². The number of aromatic nitrogens is 2. The lowest BCUT2D eigenvalue weighted by Gasteiger charge is -2.15. The summed E-state index contributed by atoms with van der Waals surface area (Å²) in [5, 5.41) is 25.8. The summed E-state index contributed by atoms with van der Waals surface area (Å²) in [7, 11) is 0. The van der Waals surface area contributed by atoms with Crippen molar-refractivity contribution < 1.29 is 14.5 Å². The van der Waals surface area contributed by atoms with Crippen LogP contribution >= 0.6 is 23.1 Å². The Bertz CT molecular complexity index is 1610. The van der Waals surface area contributed by atoms with Gasteiger partial charge in [-0.25, -0.2) is 0 Å². The first-order valence-electron chi connectivity index (χ1n) is 12.2. The van der Waals surface area contributed by atoms with Crippen LogP contribution in [0.25, 0.3) is 0 Å². The maximum absolute atomic E-state index is 13.4. The zero-order chi connectivity index (χ0) is 27.9. The van der Waals surface area contributed by atoms with Crippen LogP contribution in [0.5, 0.6) is 11.5 Å². The average Bonchev–Trinajstić information content (AvgIpc) is 3.41. The van der Waals surface area contributed by atoms with Crippen molar-refractivity contribution in [2.24, 2.45) is 0 Å². The van der Waals surface area contributed by atoms with E-state index in [0.29, 0.717) is 15.2 Å². The molecule has 11 heteroatoms. The summed E-state index contributed by atoms with van der Waals surface area (Å²) in [6.45, 7) is 1.76. The van der Waals surface area contributed by atoms with Crippen molar-refractivity contribution in [2.75, 3.05) is 10.6 Å². The van der Waals surface area contributed by atoms with E-state index in [2.05, 4.69) is 20.8 Å². The molecule has 0 saturated carbocycles. The predicted molar refractivity (Wildman–Crippen MR) is 158 cm³/mol. The smallest absolute Gasteiger partial charge is 0.293 e. The van der Waals surface area contributed by atoms with Gasteiger partial charge < -0.3 is 15.4 Å². The Kier molecular flexibility index (Phi) is 8.33. The van der Waals surface area contributed by atoms with E-state index in [1.165, 1.54) is 29.2 Å². The third-order valence-corrected chi connectivity index (χ3v) is 7.84. The van der Waals surface area contributed by atoms with Gasteiger partial charge in [0, 0.05) is 11.8 Å². The predicted octanol–water partition coefficient (Wildman–Crippen LogP) is 7.76. The van der Waals surface area contributed by atoms with Crippen LogP contribution in [0.4, 0.5) is 22.2 Å². The normalized spacial score (nSPS) is 11.4. The number of hydrogen-bond donors (Lipinski definition) is 2. The number of thioether (sulfide) groups is 1. The average molecular weight is 570 g/mol. The van der Waals surface area contributed by atoms with Crippen LogP contribution in [-0.4, -0.2) is 21.0 Å². The lowest BCUT2D eigenvalue weighted by atomic mass is 10.1. The highest BCUT2D eigenvalue weighted by atomic mass is 32.2. The summed E-state index contributed by atoms with van der Waals surface area (Å²) >= 11 is 2.53. The number of nitrogens with zero attached hydrogens (tertiary/aromatic N) is 3. The molecule has 0 aliphatic carbocycles. The van der Waals surface area contributed by atoms with Crippen LogP contribution < -0.4 is 15.4 Å². The summed E-state index contributed by atoms with van der Waals surface area (Å²) in [6, 6.07) is 30.9. The molecule has 5 aromatic rings. The quantitative estimate of drug-likeness (QED) is 0.0995. The molecule has 0 aliphatic rings. The number of aryl methyl sites for hydroxylation is 1. The number of amides is 1. The molecule has 1 aromatic heterocycles. The van der Waals surface area contributed by atoms with Crippen molar-refractivity contribution in [3.63, 3.8) is 0 Å². The van der Waals surface area contributed by atoms with E-state index >= 15 is 0 Å². The summed E-state index contributed by atoms with van der Waals surface area (Å²) < 4.78 is 6.40. The first-order chi connectivity index (χ1) is 19.4. The van der Waals surface area contributed by atoms with Gasteiger partial charge in [0.2, 0.25) is 11.0 Å². The molecule has 1 unspecified atom stereocenters. The van der Waals surface area contributed by atoms with Crippen LogP contribution in [0, 0.1) is 17.0 Å². The number of rotatable bonds is 10. The molecular weight excluding hydrogens is 546 g/mol. The monoisotopic (exact) mass is 569 g/mol. The molecule has 0 saturated heterocycles. The summed E-state index contributed by atoms with van der Waals surface area (Å²) in [5.41, 5.74) is 2.25. The van der Waals surface area contributed by atoms with Crippen molar-refractivity contribution in [2.45, 2.75) is 16.5 Å². The second-order valence-electron chi connectivity index (χ2n) is 8.61. The van der Waals surface area contributed by atoms with Gasteiger partial charge >= 0.3 is 0 Å². The lowest BCUT2D eigenvalue weighted by Crippen LogP contribution is -2.19. The zero-order valence-corrected chi connectivity index (χ0v) is 22.8. The maximum atomic E-state index is 13.4. The Balaban J connectivity index is 1.29. The van der Waals surface area contributed by atoms with E-state index in [9.17, 15) is 14.9 Å². The van der Waals surface area contributed by atoms with Crippen molar-refractivity contribution in [3.8, 4) is 11.5 Å². The van der Waals surface area contributed by atoms with Gasteiger partial charge in [-0.3, -0.25) is 14.9 Å². The van der Waals surface area contributed by atoms with Gasteiger partial charge in [0.1, 0.15) is 22.4 Å². The fourth-order valence-corrected chi connectivity index (χ4v) is 5.72. The van der Waals surface area contributed by atoms with E-state index in [4.69, 9.17) is 4.74 Å². The minimum Gasteiger partial charge on any atom is -0.457 e. The van der Waals surface area contributed by atoms with Crippen LogP contribution in [0.1, 0.15) is 16.4 Å². The Morgan fingerprint density at radius 1 is 0.925 bits per heavy atom. The van der Waals surface area contributed by atoms with Crippen LogP contribution in [0.15, 0.2) is 107 Å². The number of carbonyl (C=O) groups excluding carboxylic acids is 1. The molecule has 0 bridgehead atoms. The summed E-state index contributed by atoms with van der Waals surface area (Å²) in [5.74, 6) is 1.06. The molecule has 1 amide bonds. The van der Waals surface area contributed by atoms with Crippen LogP contribution in [-0.2, 0) is 4.79 Å². The lowest BCUT2D eigenvalue weighted by molar-refractivity contribution is -0.384. The minimum absolute atomic E-state index is 0.140. The Hall–Kier alpha value is -4.74. The van der Waals surface area contributed by atoms with Gasteiger partial charge in [0.05, 0.1) is 4.92 Å². The summed E-state index contributed by atoms with van der Waals surface area (Å²) in [6.07, 6.45) is 0. The Labute approximate surface area is 238 Å². The molecule has 1 atom stereocenters.